The number of aryl methyl sites for hydroxylation is 1. The van der Waals surface area contributed by atoms with Crippen molar-refractivity contribution in [2.24, 2.45) is 23.5 Å². The molecule has 0 aliphatic heterocycles. The SMILES string of the molecule is Cc1ncc(-c2ccc(NC(=O)C3CC4CCCC(C3)C4N)cc2)o1.Cl. The first-order chi connectivity index (χ1) is 12.1. The van der Waals surface area contributed by atoms with Crippen LogP contribution in [0.1, 0.15) is 38.0 Å². The third-order valence-corrected chi connectivity index (χ3v) is 5.84. The minimum atomic E-state index is 0. The van der Waals surface area contributed by atoms with E-state index in [1.807, 2.05) is 31.2 Å². The van der Waals surface area contributed by atoms with E-state index < -0.39 is 0 Å². The minimum Gasteiger partial charge on any atom is -0.441 e. The van der Waals surface area contributed by atoms with Gasteiger partial charge in [0.15, 0.2) is 11.7 Å². The van der Waals surface area contributed by atoms with Crippen molar-refractivity contribution >= 4 is 24.0 Å². The molecule has 0 saturated heterocycles. The quantitative estimate of drug-likeness (QED) is 0.843. The molecule has 2 unspecified atom stereocenters. The number of fused-ring (bicyclic) bond motifs is 2. The van der Waals surface area contributed by atoms with Gasteiger partial charge in [0.1, 0.15) is 0 Å². The second-order valence-electron chi connectivity index (χ2n) is 7.51. The normalized spacial score (nSPS) is 27.5. The Morgan fingerprint density at radius 3 is 2.42 bits per heavy atom. The minimum absolute atomic E-state index is 0. The fourth-order valence-corrected chi connectivity index (χ4v) is 4.46. The monoisotopic (exact) mass is 375 g/mol. The lowest BCUT2D eigenvalue weighted by atomic mass is 9.65. The Balaban J connectivity index is 0.00000196. The molecule has 1 amide bonds. The van der Waals surface area contributed by atoms with Crippen LogP contribution in [-0.4, -0.2) is 16.9 Å². The van der Waals surface area contributed by atoms with Gasteiger partial charge in [0.2, 0.25) is 5.91 Å². The zero-order valence-corrected chi connectivity index (χ0v) is 15.8. The zero-order valence-electron chi connectivity index (χ0n) is 15.0. The van der Waals surface area contributed by atoms with Crippen LogP contribution in [0, 0.1) is 24.7 Å². The molecule has 1 aromatic heterocycles. The summed E-state index contributed by atoms with van der Waals surface area (Å²) >= 11 is 0. The lowest BCUT2D eigenvalue weighted by Crippen LogP contribution is -2.48. The maximum absolute atomic E-state index is 12.7. The zero-order chi connectivity index (χ0) is 17.4. The van der Waals surface area contributed by atoms with Gasteiger partial charge in [-0.25, -0.2) is 4.98 Å². The van der Waals surface area contributed by atoms with Crippen LogP contribution >= 0.6 is 12.4 Å². The predicted octanol–water partition coefficient (Wildman–Crippen LogP) is 4.16. The van der Waals surface area contributed by atoms with Gasteiger partial charge in [0, 0.05) is 30.1 Å². The van der Waals surface area contributed by atoms with Crippen LogP contribution in [-0.2, 0) is 4.79 Å². The third-order valence-electron chi connectivity index (χ3n) is 5.84. The summed E-state index contributed by atoms with van der Waals surface area (Å²) in [5, 5.41) is 3.07. The molecule has 2 atom stereocenters. The number of hydrogen-bond donors (Lipinski definition) is 2. The highest BCUT2D eigenvalue weighted by Crippen LogP contribution is 2.42. The highest BCUT2D eigenvalue weighted by molar-refractivity contribution is 5.92. The van der Waals surface area contributed by atoms with Gasteiger partial charge in [-0.15, -0.1) is 12.4 Å². The first-order valence-corrected chi connectivity index (χ1v) is 9.19. The van der Waals surface area contributed by atoms with E-state index in [4.69, 9.17) is 10.2 Å². The fraction of sp³-hybridized carbons (Fsp3) is 0.500. The Labute approximate surface area is 160 Å². The number of halogens is 1. The number of nitrogens with one attached hydrogen (secondary N) is 1. The second-order valence-corrected chi connectivity index (χ2v) is 7.51. The van der Waals surface area contributed by atoms with E-state index in [1.165, 1.54) is 19.3 Å². The van der Waals surface area contributed by atoms with Gasteiger partial charge >= 0.3 is 0 Å². The van der Waals surface area contributed by atoms with E-state index in [9.17, 15) is 4.79 Å². The van der Waals surface area contributed by atoms with Crippen molar-refractivity contribution in [2.45, 2.75) is 45.1 Å². The van der Waals surface area contributed by atoms with Crippen molar-refractivity contribution in [1.82, 2.24) is 4.98 Å². The molecule has 2 aliphatic rings. The van der Waals surface area contributed by atoms with Crippen LogP contribution in [0.3, 0.4) is 0 Å². The highest BCUT2D eigenvalue weighted by Gasteiger charge is 2.40. The van der Waals surface area contributed by atoms with Crippen LogP contribution < -0.4 is 11.1 Å². The predicted molar refractivity (Wildman–Crippen MR) is 104 cm³/mol. The van der Waals surface area contributed by atoms with Gasteiger partial charge in [-0.1, -0.05) is 6.42 Å². The van der Waals surface area contributed by atoms with E-state index in [0.29, 0.717) is 23.8 Å². The standard InChI is InChI=1S/C20H25N3O2.ClH/c1-12-22-11-18(25-12)13-5-7-17(8-6-13)23-20(24)16-9-14-3-2-4-15(10-16)19(14)21;/h5-8,11,14-16,19H,2-4,9-10,21H2,1H3,(H,23,24);1H. The van der Waals surface area contributed by atoms with Crippen LogP contribution in [0.2, 0.25) is 0 Å². The highest BCUT2D eigenvalue weighted by atomic mass is 35.5. The summed E-state index contributed by atoms with van der Waals surface area (Å²) in [6.07, 6.45) is 7.18. The maximum Gasteiger partial charge on any atom is 0.227 e. The fourth-order valence-electron chi connectivity index (χ4n) is 4.46. The summed E-state index contributed by atoms with van der Waals surface area (Å²) in [5.41, 5.74) is 8.11. The Hall–Kier alpha value is -1.85. The number of oxazole rings is 1. The molecule has 2 aromatic rings. The molecule has 4 rings (SSSR count). The molecule has 2 fully saturated rings. The molecular formula is C20H26ClN3O2. The van der Waals surface area contributed by atoms with Crippen LogP contribution in [0.4, 0.5) is 5.69 Å². The molecule has 3 N–H and O–H groups in total. The molecule has 0 spiro atoms. The summed E-state index contributed by atoms with van der Waals surface area (Å²) in [6.45, 7) is 1.82. The van der Waals surface area contributed by atoms with Crippen molar-refractivity contribution in [3.63, 3.8) is 0 Å². The maximum atomic E-state index is 12.7. The first-order valence-electron chi connectivity index (χ1n) is 9.19. The van der Waals surface area contributed by atoms with E-state index in [-0.39, 0.29) is 24.2 Å². The number of nitrogens with two attached hydrogens (primary N) is 1. The Morgan fingerprint density at radius 1 is 1.19 bits per heavy atom. The summed E-state index contributed by atoms with van der Waals surface area (Å²) in [5.74, 6) is 2.64. The molecule has 2 saturated carbocycles. The van der Waals surface area contributed by atoms with Gasteiger partial charge in [-0.05, 0) is 61.8 Å². The van der Waals surface area contributed by atoms with E-state index in [2.05, 4.69) is 10.3 Å². The third kappa shape index (κ3) is 3.79. The van der Waals surface area contributed by atoms with Gasteiger partial charge in [-0.2, -0.15) is 0 Å². The van der Waals surface area contributed by atoms with Gasteiger partial charge in [-0.3, -0.25) is 4.79 Å². The second kappa shape index (κ2) is 7.80. The average molecular weight is 376 g/mol. The van der Waals surface area contributed by atoms with Crippen molar-refractivity contribution in [3.05, 3.63) is 36.4 Å². The topological polar surface area (TPSA) is 81.2 Å². The molecular weight excluding hydrogens is 350 g/mol. The molecule has 1 heterocycles. The Bertz CT molecular complexity index is 745. The van der Waals surface area contributed by atoms with E-state index in [0.717, 1.165) is 29.9 Å². The number of hydrogen-bond acceptors (Lipinski definition) is 4. The molecule has 0 radical (unpaired) electrons. The Kier molecular flexibility index (Phi) is 5.68. The number of carbonyl (C=O) groups excluding carboxylic acids is 1. The number of amides is 1. The molecule has 2 aliphatic carbocycles. The summed E-state index contributed by atoms with van der Waals surface area (Å²) in [6, 6.07) is 8.02. The average Bonchev–Trinajstić information content (AvgIpc) is 3.01. The van der Waals surface area contributed by atoms with Crippen molar-refractivity contribution < 1.29 is 9.21 Å². The molecule has 5 nitrogen and oxygen atoms in total. The first kappa shape index (κ1) is 18.9. The van der Waals surface area contributed by atoms with Crippen LogP contribution in [0.15, 0.2) is 34.9 Å². The lowest BCUT2D eigenvalue weighted by molar-refractivity contribution is -0.122. The van der Waals surface area contributed by atoms with E-state index >= 15 is 0 Å². The number of benzene rings is 1. The summed E-state index contributed by atoms with van der Waals surface area (Å²) < 4.78 is 5.53. The number of aromatic nitrogens is 1. The van der Waals surface area contributed by atoms with Crippen LogP contribution in [0.5, 0.6) is 0 Å². The number of carbonyl (C=O) groups is 1. The molecule has 1 aromatic carbocycles. The van der Waals surface area contributed by atoms with Crippen LogP contribution in [0.25, 0.3) is 11.3 Å². The Morgan fingerprint density at radius 2 is 1.85 bits per heavy atom. The molecule has 6 heteroatoms. The molecule has 140 valence electrons. The number of rotatable bonds is 3. The van der Waals surface area contributed by atoms with Gasteiger partial charge < -0.3 is 15.5 Å². The molecule has 26 heavy (non-hydrogen) atoms. The lowest BCUT2D eigenvalue weighted by Gasteiger charge is -2.43. The smallest absolute Gasteiger partial charge is 0.227 e. The number of nitrogens with zero attached hydrogens (tertiary/aromatic N) is 1. The van der Waals surface area contributed by atoms with Gasteiger partial charge in [0.05, 0.1) is 6.20 Å². The van der Waals surface area contributed by atoms with Crippen molar-refractivity contribution in [2.75, 3.05) is 5.32 Å². The largest absolute Gasteiger partial charge is 0.441 e. The summed E-state index contributed by atoms with van der Waals surface area (Å²) in [4.78, 5) is 16.8. The number of anilines is 1. The van der Waals surface area contributed by atoms with Gasteiger partial charge in [0.25, 0.3) is 0 Å². The van der Waals surface area contributed by atoms with E-state index in [1.54, 1.807) is 6.20 Å². The van der Waals surface area contributed by atoms with Crippen molar-refractivity contribution in [3.8, 4) is 11.3 Å². The van der Waals surface area contributed by atoms with Crippen molar-refractivity contribution in [1.29, 1.82) is 0 Å². The summed E-state index contributed by atoms with van der Waals surface area (Å²) in [7, 11) is 0. The molecule has 2 bridgehead atoms.